The maximum atomic E-state index is 11.9. The highest BCUT2D eigenvalue weighted by molar-refractivity contribution is 9.10. The van der Waals surface area contributed by atoms with E-state index in [2.05, 4.69) is 31.4 Å². The lowest BCUT2D eigenvalue weighted by atomic mass is 10.2. The lowest BCUT2D eigenvalue weighted by molar-refractivity contribution is -0.367. The van der Waals surface area contributed by atoms with Crippen molar-refractivity contribution in [3.63, 3.8) is 0 Å². The molecular formula is C10H8BrN4O2S+. The van der Waals surface area contributed by atoms with Crippen molar-refractivity contribution in [2.45, 2.75) is 0 Å². The Kier molecular flexibility index (Phi) is 3.68. The highest BCUT2D eigenvalue weighted by Crippen LogP contribution is 2.31. The van der Waals surface area contributed by atoms with Crippen LogP contribution < -0.4 is 16.0 Å². The number of nitrogens with zero attached hydrogens (tertiary/aromatic N) is 1. The molecule has 8 heteroatoms. The number of hydrogen-bond acceptors (Lipinski definition) is 5. The molecule has 0 bridgehead atoms. The van der Waals surface area contributed by atoms with Crippen LogP contribution in [-0.2, 0) is 0 Å². The minimum atomic E-state index is -0.351. The number of rotatable bonds is 3. The molecule has 0 spiro atoms. The monoisotopic (exact) mass is 327 g/mol. The molecule has 4 N–H and O–H groups in total. The number of thiazole rings is 1. The first-order valence-corrected chi connectivity index (χ1v) is 6.43. The molecule has 2 rings (SSSR count). The van der Waals surface area contributed by atoms with Crippen LogP contribution in [0.15, 0.2) is 34.0 Å². The number of aromatic amines is 1. The molecule has 6 nitrogen and oxygen atoms in total. The van der Waals surface area contributed by atoms with Crippen LogP contribution in [0.25, 0.3) is 0 Å². The number of para-hydroxylation sites is 1. The van der Waals surface area contributed by atoms with Gasteiger partial charge in [0.15, 0.2) is 0 Å². The summed E-state index contributed by atoms with van der Waals surface area (Å²) in [5.74, 6) is -0.351. The van der Waals surface area contributed by atoms with Gasteiger partial charge >= 0.3 is 11.0 Å². The van der Waals surface area contributed by atoms with Gasteiger partial charge in [0, 0.05) is 21.6 Å². The minimum absolute atomic E-state index is 0.228. The highest BCUT2D eigenvalue weighted by atomic mass is 79.9. The summed E-state index contributed by atoms with van der Waals surface area (Å²) in [6.07, 6.45) is 0. The van der Waals surface area contributed by atoms with Crippen molar-refractivity contribution in [2.75, 3.05) is 11.1 Å². The van der Waals surface area contributed by atoms with Crippen molar-refractivity contribution >= 4 is 49.0 Å². The second kappa shape index (κ2) is 5.23. The van der Waals surface area contributed by atoms with E-state index in [0.717, 1.165) is 11.3 Å². The number of anilines is 2. The largest absolute Gasteiger partial charge is 0.398 e. The zero-order valence-corrected chi connectivity index (χ0v) is 11.3. The maximum absolute atomic E-state index is 11.9. The Balaban J connectivity index is 2.21. The van der Waals surface area contributed by atoms with Gasteiger partial charge in [0.25, 0.3) is 0 Å². The summed E-state index contributed by atoms with van der Waals surface area (Å²) in [6.45, 7) is 0. The molecule has 1 aromatic heterocycles. The minimum Gasteiger partial charge on any atom is -0.398 e. The smallest absolute Gasteiger partial charge is 0.342 e. The molecule has 2 aromatic rings. The molecule has 0 unspecified atom stereocenters. The Hall–Kier alpha value is -1.80. The number of carbonyl (C=O) groups is 1. The average Bonchev–Trinajstić information content (AvgIpc) is 2.69. The number of carbonyl (C=O) groups excluding carboxylic acids is 1. The predicted molar refractivity (Wildman–Crippen MR) is 72.8 cm³/mol. The number of hydrogen-bond donors (Lipinski definition) is 2. The zero-order chi connectivity index (χ0) is 13.1. The van der Waals surface area contributed by atoms with Crippen molar-refractivity contribution < 1.29 is 9.78 Å². The lowest BCUT2D eigenvalue weighted by Gasteiger charge is -1.99. The number of halogens is 1. The van der Waals surface area contributed by atoms with Gasteiger partial charge in [-0.2, -0.15) is 5.32 Å². The number of nitroso groups, excluding NO2 is 1. The molecule has 0 atom stereocenters. The number of amides is 1. The maximum Gasteiger partial charge on any atom is 0.342 e. The predicted octanol–water partition coefficient (Wildman–Crippen LogP) is 2.56. The average molecular weight is 328 g/mol. The first-order chi connectivity index (χ1) is 8.61. The quantitative estimate of drug-likeness (QED) is 0.669. The first-order valence-electron chi connectivity index (χ1n) is 4.82. The van der Waals surface area contributed by atoms with Gasteiger partial charge in [-0.25, -0.2) is 9.78 Å². The van der Waals surface area contributed by atoms with Crippen LogP contribution in [0.1, 0.15) is 10.4 Å². The Labute approximate surface area is 114 Å². The number of nitrogen functional groups attached to an aromatic ring is 1. The molecule has 0 radical (unpaired) electrons. The summed E-state index contributed by atoms with van der Waals surface area (Å²) in [5, 5.41) is 6.05. The summed E-state index contributed by atoms with van der Waals surface area (Å²) in [5.41, 5.74) is 6.45. The van der Waals surface area contributed by atoms with E-state index in [9.17, 15) is 9.70 Å². The normalized spacial score (nSPS) is 10.1. The SMILES string of the molecule is Nc1ccccc1C(=O)Nc1[nH+]c(Br)c(N=O)s1. The van der Waals surface area contributed by atoms with Crippen molar-refractivity contribution in [3.05, 3.63) is 39.3 Å². The van der Waals surface area contributed by atoms with Crippen LogP contribution in [0.4, 0.5) is 15.8 Å². The van der Waals surface area contributed by atoms with Crippen molar-refractivity contribution in [2.24, 2.45) is 5.18 Å². The fourth-order valence-corrected chi connectivity index (χ4v) is 2.62. The van der Waals surface area contributed by atoms with E-state index in [1.807, 2.05) is 0 Å². The molecular weight excluding hydrogens is 320 g/mol. The Morgan fingerprint density at radius 2 is 2.17 bits per heavy atom. The fraction of sp³-hybridized carbons (Fsp3) is 0. The molecule has 0 saturated heterocycles. The van der Waals surface area contributed by atoms with Crippen LogP contribution in [0.3, 0.4) is 0 Å². The summed E-state index contributed by atoms with van der Waals surface area (Å²) in [4.78, 5) is 25.1. The van der Waals surface area contributed by atoms with Crippen LogP contribution in [0, 0.1) is 4.91 Å². The van der Waals surface area contributed by atoms with E-state index < -0.39 is 0 Å². The van der Waals surface area contributed by atoms with E-state index in [4.69, 9.17) is 5.73 Å². The third kappa shape index (κ3) is 2.54. The number of aromatic nitrogens is 1. The fourth-order valence-electron chi connectivity index (χ4n) is 1.31. The second-order valence-corrected chi connectivity index (χ2v) is 5.10. The standard InChI is InChI=1S/C10H7BrN4O2S/c11-7-9(15-17)18-10(13-7)14-8(16)5-3-1-2-4-6(5)12/h1-4H,12H2,(H,13,14,16)/p+1. The summed E-state index contributed by atoms with van der Waals surface area (Å²) in [6, 6.07) is 6.72. The second-order valence-electron chi connectivity index (χ2n) is 3.31. The number of benzene rings is 1. The third-order valence-electron chi connectivity index (χ3n) is 2.13. The van der Waals surface area contributed by atoms with E-state index in [-0.39, 0.29) is 10.9 Å². The molecule has 0 fully saturated rings. The molecule has 0 aliphatic carbocycles. The van der Waals surface area contributed by atoms with Crippen LogP contribution in [0.5, 0.6) is 0 Å². The topological polar surface area (TPSA) is 98.7 Å². The number of nitrogens with two attached hydrogens (primary N) is 1. The van der Waals surface area contributed by atoms with Crippen molar-refractivity contribution in [3.8, 4) is 0 Å². The Bertz CT molecular complexity index is 614. The first kappa shape index (κ1) is 12.7. The van der Waals surface area contributed by atoms with E-state index in [1.165, 1.54) is 0 Å². The highest BCUT2D eigenvalue weighted by Gasteiger charge is 2.20. The molecule has 1 amide bonds. The molecule has 92 valence electrons. The number of H-pyrrole nitrogens is 1. The molecule has 0 aliphatic rings. The molecule has 0 saturated carbocycles. The number of nitrogens with one attached hydrogen (secondary N) is 2. The van der Waals surface area contributed by atoms with Crippen LogP contribution in [0.2, 0.25) is 0 Å². The summed E-state index contributed by atoms with van der Waals surface area (Å²) >= 11 is 4.16. The Morgan fingerprint density at radius 1 is 1.44 bits per heavy atom. The van der Waals surface area contributed by atoms with Gasteiger partial charge in [-0.05, 0) is 28.6 Å². The van der Waals surface area contributed by atoms with Crippen LogP contribution in [-0.4, -0.2) is 5.91 Å². The van der Waals surface area contributed by atoms with Gasteiger partial charge in [0.1, 0.15) is 0 Å². The van der Waals surface area contributed by atoms with Crippen molar-refractivity contribution in [1.29, 1.82) is 0 Å². The van der Waals surface area contributed by atoms with Gasteiger partial charge in [-0.3, -0.25) is 0 Å². The Morgan fingerprint density at radius 3 is 2.78 bits per heavy atom. The molecule has 18 heavy (non-hydrogen) atoms. The van der Waals surface area contributed by atoms with Gasteiger partial charge in [0.05, 0.1) is 5.56 Å². The van der Waals surface area contributed by atoms with E-state index in [1.54, 1.807) is 24.3 Å². The lowest BCUT2D eigenvalue weighted by Crippen LogP contribution is -2.18. The molecule has 0 aliphatic heterocycles. The van der Waals surface area contributed by atoms with Crippen LogP contribution >= 0.6 is 27.3 Å². The zero-order valence-electron chi connectivity index (χ0n) is 8.94. The van der Waals surface area contributed by atoms with Gasteiger partial charge in [0.2, 0.25) is 9.60 Å². The van der Waals surface area contributed by atoms with E-state index in [0.29, 0.717) is 21.0 Å². The third-order valence-corrected chi connectivity index (χ3v) is 3.84. The van der Waals surface area contributed by atoms with E-state index >= 15 is 0 Å². The van der Waals surface area contributed by atoms with Crippen molar-refractivity contribution in [1.82, 2.24) is 0 Å². The van der Waals surface area contributed by atoms with Gasteiger partial charge in [-0.15, -0.1) is 4.91 Å². The van der Waals surface area contributed by atoms with Gasteiger partial charge in [-0.1, -0.05) is 12.1 Å². The molecule has 1 aromatic carbocycles. The molecule has 1 heterocycles. The summed E-state index contributed by atoms with van der Waals surface area (Å²) in [7, 11) is 0. The summed E-state index contributed by atoms with van der Waals surface area (Å²) < 4.78 is 0.429. The van der Waals surface area contributed by atoms with Gasteiger partial charge < -0.3 is 5.73 Å².